The summed E-state index contributed by atoms with van der Waals surface area (Å²) in [6.45, 7) is 16.6. The third-order valence-corrected chi connectivity index (χ3v) is 10.5. The van der Waals surface area contributed by atoms with Crippen molar-refractivity contribution in [2.24, 2.45) is 0 Å². The van der Waals surface area contributed by atoms with Crippen LogP contribution in [0.3, 0.4) is 0 Å². The van der Waals surface area contributed by atoms with Gasteiger partial charge in [0.05, 0.1) is 5.69 Å². The molecule has 2 aliphatic carbocycles. The molecule has 0 amide bonds. The lowest BCUT2D eigenvalue weighted by Crippen LogP contribution is -2.34. The number of benzene rings is 5. The summed E-state index contributed by atoms with van der Waals surface area (Å²) in [4.78, 5) is 2.47. The Morgan fingerprint density at radius 3 is 2.00 bits per heavy atom. The zero-order valence-electron chi connectivity index (χ0n) is 25.9. The molecule has 0 bridgehead atoms. The Labute approximate surface area is 256 Å². The van der Waals surface area contributed by atoms with Gasteiger partial charge in [-0.2, -0.15) is 0 Å². The number of hydrogen-bond acceptors (Lipinski definition) is 1. The second-order valence-electron chi connectivity index (χ2n) is 14.3. The van der Waals surface area contributed by atoms with Crippen LogP contribution in [0.2, 0.25) is 5.02 Å². The summed E-state index contributed by atoms with van der Waals surface area (Å²) >= 11 is 6.85. The fraction of sp³-hybridized carbons (Fsp3) is 0.300. The number of nitrogens with zero attached hydrogens (tertiary/aromatic N) is 1. The minimum absolute atomic E-state index is 0.0324. The van der Waals surface area contributed by atoms with Crippen LogP contribution in [0, 0.1) is 6.92 Å². The van der Waals surface area contributed by atoms with Crippen LogP contribution in [0.4, 0.5) is 17.1 Å². The van der Waals surface area contributed by atoms with Gasteiger partial charge in [0.2, 0.25) is 0 Å². The molecule has 0 aliphatic heterocycles. The summed E-state index contributed by atoms with van der Waals surface area (Å²) in [5.41, 5.74) is 13.4. The quantitative estimate of drug-likeness (QED) is 0.209. The lowest BCUT2D eigenvalue weighted by molar-refractivity contribution is 0.332. The molecule has 0 atom stereocenters. The molecule has 2 aliphatic rings. The van der Waals surface area contributed by atoms with E-state index < -0.39 is 0 Å². The van der Waals surface area contributed by atoms with Gasteiger partial charge in [0.15, 0.2) is 0 Å². The Morgan fingerprint density at radius 1 is 0.595 bits per heavy atom. The van der Waals surface area contributed by atoms with Gasteiger partial charge in [-0.05, 0) is 105 Å². The fourth-order valence-electron chi connectivity index (χ4n) is 7.65. The van der Waals surface area contributed by atoms with Crippen LogP contribution in [0.25, 0.3) is 21.9 Å². The summed E-state index contributed by atoms with van der Waals surface area (Å²) < 4.78 is 0. The number of hydrogen-bond donors (Lipinski definition) is 0. The maximum absolute atomic E-state index is 6.85. The van der Waals surface area contributed by atoms with Crippen molar-refractivity contribution in [3.63, 3.8) is 0 Å². The maximum Gasteiger partial charge on any atom is 0.0554 e. The van der Waals surface area contributed by atoms with Crippen LogP contribution in [-0.2, 0) is 16.2 Å². The minimum Gasteiger partial charge on any atom is -0.310 e. The Bertz CT molecular complexity index is 1890. The molecule has 0 heterocycles. The molecule has 5 aromatic rings. The van der Waals surface area contributed by atoms with E-state index in [1.165, 1.54) is 62.9 Å². The van der Waals surface area contributed by atoms with Gasteiger partial charge in [0.25, 0.3) is 0 Å². The van der Waals surface area contributed by atoms with Crippen molar-refractivity contribution in [3.8, 4) is 11.1 Å². The third kappa shape index (κ3) is 4.04. The normalized spacial score (nSPS) is 17.4. The van der Waals surface area contributed by atoms with Crippen molar-refractivity contribution in [1.29, 1.82) is 0 Å². The van der Waals surface area contributed by atoms with Crippen LogP contribution in [0.5, 0.6) is 0 Å². The summed E-state index contributed by atoms with van der Waals surface area (Å²) in [6.07, 6.45) is 2.38. The Morgan fingerprint density at radius 2 is 1.24 bits per heavy atom. The first-order valence-corrected chi connectivity index (χ1v) is 15.6. The van der Waals surface area contributed by atoms with Gasteiger partial charge in [0, 0.05) is 27.2 Å². The predicted molar refractivity (Wildman–Crippen MR) is 181 cm³/mol. The summed E-state index contributed by atoms with van der Waals surface area (Å²) in [5, 5.41) is 3.09. The highest BCUT2D eigenvalue weighted by molar-refractivity contribution is 6.32. The Hall–Kier alpha value is -3.55. The van der Waals surface area contributed by atoms with E-state index in [4.69, 9.17) is 11.6 Å². The van der Waals surface area contributed by atoms with Gasteiger partial charge >= 0.3 is 0 Å². The molecule has 0 N–H and O–H groups in total. The lowest BCUT2D eigenvalue weighted by Gasteiger charge is -2.43. The first-order valence-electron chi connectivity index (χ1n) is 15.3. The molecular formula is C40H40ClN. The second kappa shape index (κ2) is 9.22. The predicted octanol–water partition coefficient (Wildman–Crippen LogP) is 11.9. The Kier molecular flexibility index (Phi) is 5.99. The molecule has 5 aromatic carbocycles. The molecule has 0 fully saturated rings. The van der Waals surface area contributed by atoms with Crippen molar-refractivity contribution in [2.75, 3.05) is 4.90 Å². The van der Waals surface area contributed by atoms with Crippen molar-refractivity contribution in [1.82, 2.24) is 0 Å². The van der Waals surface area contributed by atoms with Gasteiger partial charge in [-0.1, -0.05) is 114 Å². The number of aryl methyl sites for hydroxylation is 1. The van der Waals surface area contributed by atoms with Crippen LogP contribution < -0.4 is 4.90 Å². The van der Waals surface area contributed by atoms with E-state index in [0.29, 0.717) is 0 Å². The topological polar surface area (TPSA) is 3.24 Å². The highest BCUT2D eigenvalue weighted by atomic mass is 35.5. The molecule has 0 radical (unpaired) electrons. The second-order valence-corrected chi connectivity index (χ2v) is 14.8. The van der Waals surface area contributed by atoms with E-state index in [2.05, 4.69) is 144 Å². The van der Waals surface area contributed by atoms with E-state index in [1.54, 1.807) is 0 Å². The highest BCUT2D eigenvalue weighted by Gasteiger charge is 2.39. The summed E-state index contributed by atoms with van der Waals surface area (Å²) in [6, 6.07) is 33.8. The molecule has 0 saturated heterocycles. The van der Waals surface area contributed by atoms with Gasteiger partial charge < -0.3 is 4.90 Å². The molecule has 0 saturated carbocycles. The monoisotopic (exact) mass is 569 g/mol. The van der Waals surface area contributed by atoms with Crippen molar-refractivity contribution in [2.45, 2.75) is 77.6 Å². The average molecular weight is 570 g/mol. The van der Waals surface area contributed by atoms with Crippen LogP contribution >= 0.6 is 11.6 Å². The van der Waals surface area contributed by atoms with Crippen molar-refractivity contribution in [3.05, 3.63) is 124 Å². The van der Waals surface area contributed by atoms with E-state index in [9.17, 15) is 0 Å². The zero-order valence-corrected chi connectivity index (χ0v) is 26.7. The first-order chi connectivity index (χ1) is 19.9. The third-order valence-electron chi connectivity index (χ3n) is 10.3. The Balaban J connectivity index is 1.54. The van der Waals surface area contributed by atoms with Crippen LogP contribution in [0.15, 0.2) is 91.0 Å². The molecule has 0 aromatic heterocycles. The fourth-order valence-corrected chi connectivity index (χ4v) is 7.87. The minimum atomic E-state index is -0.0324. The smallest absolute Gasteiger partial charge is 0.0554 e. The first kappa shape index (κ1) is 27.3. The van der Waals surface area contributed by atoms with Gasteiger partial charge in [0.1, 0.15) is 0 Å². The lowest BCUT2D eigenvalue weighted by atomic mass is 9.63. The molecular weight excluding hydrogens is 530 g/mol. The summed E-state index contributed by atoms with van der Waals surface area (Å²) in [7, 11) is 0. The number of rotatable bonds is 3. The van der Waals surface area contributed by atoms with Gasteiger partial charge in [-0.3, -0.25) is 0 Å². The average Bonchev–Trinajstić information content (AvgIpc) is 3.18. The van der Waals surface area contributed by atoms with Gasteiger partial charge in [-0.25, -0.2) is 0 Å². The van der Waals surface area contributed by atoms with Crippen LogP contribution in [0.1, 0.15) is 82.2 Å². The standard InChI is InChI=1S/C40H40ClN/c1-25-20-34-35(39(4,5)19-18-38(34,2)3)24-36(25)42(37-22-27(41)21-26-12-8-9-13-29(26)37)28-16-17-33-31(23-28)30-14-10-11-15-32(30)40(33,6)7/h8-17,20-24H,18-19H2,1-7H3. The number of halogens is 1. The number of anilines is 3. The molecule has 7 rings (SSSR count). The highest BCUT2D eigenvalue weighted by Crippen LogP contribution is 2.53. The molecule has 42 heavy (non-hydrogen) atoms. The largest absolute Gasteiger partial charge is 0.310 e. The van der Waals surface area contributed by atoms with E-state index in [1.807, 2.05) is 0 Å². The SMILES string of the molecule is Cc1cc2c(cc1N(c1ccc3c(c1)-c1ccccc1C3(C)C)c1cc(Cl)cc3ccccc13)C(C)(C)CCC2(C)C. The molecule has 1 nitrogen and oxygen atoms in total. The molecule has 2 heteroatoms. The molecule has 0 spiro atoms. The van der Waals surface area contributed by atoms with Crippen molar-refractivity contribution >= 4 is 39.4 Å². The van der Waals surface area contributed by atoms with Crippen molar-refractivity contribution < 1.29 is 0 Å². The van der Waals surface area contributed by atoms with Gasteiger partial charge in [-0.15, -0.1) is 0 Å². The van der Waals surface area contributed by atoms with Crippen LogP contribution in [-0.4, -0.2) is 0 Å². The number of fused-ring (bicyclic) bond motifs is 5. The van der Waals surface area contributed by atoms with E-state index >= 15 is 0 Å². The maximum atomic E-state index is 6.85. The van der Waals surface area contributed by atoms with E-state index in [0.717, 1.165) is 21.8 Å². The molecule has 0 unspecified atom stereocenters. The molecule has 212 valence electrons. The summed E-state index contributed by atoms with van der Waals surface area (Å²) in [5.74, 6) is 0. The zero-order chi connectivity index (χ0) is 29.6. The van der Waals surface area contributed by atoms with E-state index in [-0.39, 0.29) is 16.2 Å².